The second-order valence-electron chi connectivity index (χ2n) is 8.75. The van der Waals surface area contributed by atoms with Crippen LogP contribution in [0.1, 0.15) is 50.0 Å². The van der Waals surface area contributed by atoms with Crippen molar-refractivity contribution in [3.8, 4) is 0 Å². The molecular weight excluding hydrogens is 404 g/mol. The lowest BCUT2D eigenvalue weighted by atomic mass is 9.82. The molecule has 3 N–H and O–H groups in total. The molecular formula is C22H26N2O7. The molecule has 1 aromatic rings. The van der Waals surface area contributed by atoms with E-state index in [1.165, 1.54) is 24.0 Å². The van der Waals surface area contributed by atoms with Gasteiger partial charge >= 0.3 is 11.9 Å². The zero-order chi connectivity index (χ0) is 23.1. The van der Waals surface area contributed by atoms with E-state index in [-0.39, 0.29) is 17.6 Å². The standard InChI is InChI=1S/C22H26N2O7/c1-11(25)16-15-9-14(12-5-7-13(8-6-12)18(23)26)17(24(15)19(16)27)20(28)30-10-31-21(29)22(2,3)4/h5-8,11,15-16,25H,9-10H2,1-4H3,(H2,23,26)/t11-,15-,16-/m1/s1. The van der Waals surface area contributed by atoms with Gasteiger partial charge in [-0.15, -0.1) is 0 Å². The average Bonchev–Trinajstić information content (AvgIpc) is 3.01. The van der Waals surface area contributed by atoms with E-state index in [4.69, 9.17) is 15.2 Å². The molecule has 9 heteroatoms. The summed E-state index contributed by atoms with van der Waals surface area (Å²) in [6.45, 7) is 5.96. The average molecular weight is 430 g/mol. The highest BCUT2D eigenvalue weighted by molar-refractivity contribution is 6.07. The molecule has 0 unspecified atom stereocenters. The summed E-state index contributed by atoms with van der Waals surface area (Å²) >= 11 is 0. The Morgan fingerprint density at radius 2 is 1.81 bits per heavy atom. The van der Waals surface area contributed by atoms with Crippen molar-refractivity contribution in [3.63, 3.8) is 0 Å². The van der Waals surface area contributed by atoms with Gasteiger partial charge in [-0.05, 0) is 57.4 Å². The van der Waals surface area contributed by atoms with Gasteiger partial charge in [-0.1, -0.05) is 12.1 Å². The van der Waals surface area contributed by atoms with Crippen molar-refractivity contribution in [1.82, 2.24) is 4.90 Å². The van der Waals surface area contributed by atoms with Crippen LogP contribution in [-0.2, 0) is 23.9 Å². The minimum atomic E-state index is -0.865. The van der Waals surface area contributed by atoms with E-state index in [2.05, 4.69) is 0 Å². The minimum Gasteiger partial charge on any atom is -0.427 e. The first-order valence-electron chi connectivity index (χ1n) is 9.92. The van der Waals surface area contributed by atoms with Crippen molar-refractivity contribution in [1.29, 1.82) is 0 Å². The summed E-state index contributed by atoms with van der Waals surface area (Å²) in [5.74, 6) is -2.92. The summed E-state index contributed by atoms with van der Waals surface area (Å²) in [6.07, 6.45) is -0.529. The normalized spacial score (nSPS) is 21.3. The van der Waals surface area contributed by atoms with Gasteiger partial charge in [0.15, 0.2) is 0 Å². The first-order valence-corrected chi connectivity index (χ1v) is 9.92. The van der Waals surface area contributed by atoms with Gasteiger partial charge < -0.3 is 25.2 Å². The number of fused-ring (bicyclic) bond motifs is 1. The van der Waals surface area contributed by atoms with Crippen LogP contribution in [0.2, 0.25) is 0 Å². The van der Waals surface area contributed by atoms with Gasteiger partial charge in [0.25, 0.3) is 0 Å². The maximum Gasteiger partial charge on any atom is 0.358 e. The maximum atomic E-state index is 12.8. The monoisotopic (exact) mass is 430 g/mol. The number of hydrogen-bond donors (Lipinski definition) is 2. The molecule has 3 rings (SSSR count). The third-order valence-corrected chi connectivity index (χ3v) is 5.43. The van der Waals surface area contributed by atoms with Crippen molar-refractivity contribution >= 4 is 29.3 Å². The number of carbonyl (C=O) groups excluding carboxylic acids is 4. The fourth-order valence-corrected chi connectivity index (χ4v) is 3.77. The third-order valence-electron chi connectivity index (χ3n) is 5.43. The van der Waals surface area contributed by atoms with Crippen LogP contribution in [0.25, 0.3) is 5.57 Å². The molecule has 31 heavy (non-hydrogen) atoms. The molecule has 0 aromatic heterocycles. The van der Waals surface area contributed by atoms with Gasteiger partial charge in [0.1, 0.15) is 5.70 Å². The lowest BCUT2D eigenvalue weighted by Gasteiger charge is -2.44. The number of amides is 2. The number of nitrogens with zero attached hydrogens (tertiary/aromatic N) is 1. The van der Waals surface area contributed by atoms with Crippen molar-refractivity contribution in [2.45, 2.75) is 46.3 Å². The second-order valence-corrected chi connectivity index (χ2v) is 8.75. The van der Waals surface area contributed by atoms with Crippen molar-refractivity contribution in [2.75, 3.05) is 6.79 Å². The fourth-order valence-electron chi connectivity index (χ4n) is 3.77. The first kappa shape index (κ1) is 22.5. The molecule has 0 bridgehead atoms. The Morgan fingerprint density at radius 3 is 2.32 bits per heavy atom. The van der Waals surface area contributed by atoms with Crippen LogP contribution in [0.4, 0.5) is 0 Å². The quantitative estimate of drug-likeness (QED) is 0.393. The summed E-state index contributed by atoms with van der Waals surface area (Å²) in [5.41, 5.74) is 6.05. The molecule has 1 aromatic carbocycles. The highest BCUT2D eigenvalue weighted by Crippen LogP contribution is 2.47. The number of ether oxygens (including phenoxy) is 2. The smallest absolute Gasteiger partial charge is 0.358 e. The fraction of sp³-hybridized carbons (Fsp3) is 0.455. The van der Waals surface area contributed by atoms with Crippen LogP contribution in [0, 0.1) is 11.3 Å². The van der Waals surface area contributed by atoms with Gasteiger partial charge in [-0.25, -0.2) is 4.79 Å². The molecule has 9 nitrogen and oxygen atoms in total. The largest absolute Gasteiger partial charge is 0.427 e. The number of carbonyl (C=O) groups is 4. The predicted octanol–water partition coefficient (Wildman–Crippen LogP) is 1.20. The van der Waals surface area contributed by atoms with E-state index in [9.17, 15) is 24.3 Å². The molecule has 166 valence electrons. The molecule has 2 heterocycles. The van der Waals surface area contributed by atoms with Crippen LogP contribution >= 0.6 is 0 Å². The Labute approximate surface area is 179 Å². The predicted molar refractivity (Wildman–Crippen MR) is 109 cm³/mol. The zero-order valence-electron chi connectivity index (χ0n) is 17.9. The Morgan fingerprint density at radius 1 is 1.19 bits per heavy atom. The van der Waals surface area contributed by atoms with Crippen LogP contribution in [0.5, 0.6) is 0 Å². The van der Waals surface area contributed by atoms with E-state index < -0.39 is 42.1 Å². The van der Waals surface area contributed by atoms with Gasteiger partial charge in [-0.3, -0.25) is 14.4 Å². The molecule has 1 saturated heterocycles. The molecule has 1 fully saturated rings. The lowest BCUT2D eigenvalue weighted by Crippen LogP contribution is -2.61. The van der Waals surface area contributed by atoms with E-state index in [1.54, 1.807) is 32.9 Å². The summed E-state index contributed by atoms with van der Waals surface area (Å²) in [6, 6.07) is 5.95. The number of aliphatic hydroxyl groups is 1. The highest BCUT2D eigenvalue weighted by atomic mass is 16.7. The number of primary amides is 1. The Bertz CT molecular complexity index is 957. The van der Waals surface area contributed by atoms with Gasteiger partial charge in [0, 0.05) is 5.56 Å². The number of esters is 2. The molecule has 2 aliphatic heterocycles. The van der Waals surface area contributed by atoms with E-state index in [0.29, 0.717) is 23.1 Å². The molecule has 3 atom stereocenters. The minimum absolute atomic E-state index is 0.0468. The molecule has 0 aliphatic carbocycles. The van der Waals surface area contributed by atoms with Crippen LogP contribution in [0.15, 0.2) is 30.0 Å². The Kier molecular flexibility index (Phi) is 5.91. The summed E-state index contributed by atoms with van der Waals surface area (Å²) < 4.78 is 10.1. The number of nitrogens with two attached hydrogens (primary N) is 1. The maximum absolute atomic E-state index is 12.8. The van der Waals surface area contributed by atoms with Crippen molar-refractivity contribution < 1.29 is 33.8 Å². The number of benzene rings is 1. The van der Waals surface area contributed by atoms with E-state index in [0.717, 1.165) is 0 Å². The second kappa shape index (κ2) is 8.14. The third kappa shape index (κ3) is 4.18. The topological polar surface area (TPSA) is 136 Å². The molecule has 0 spiro atoms. The first-order chi connectivity index (χ1) is 14.4. The number of hydrogen-bond acceptors (Lipinski definition) is 7. The van der Waals surface area contributed by atoms with E-state index >= 15 is 0 Å². The Balaban J connectivity index is 1.86. The summed E-state index contributed by atoms with van der Waals surface area (Å²) in [5, 5.41) is 9.96. The highest BCUT2D eigenvalue weighted by Gasteiger charge is 2.57. The van der Waals surface area contributed by atoms with Crippen LogP contribution in [0.3, 0.4) is 0 Å². The molecule has 0 saturated carbocycles. The molecule has 0 radical (unpaired) electrons. The van der Waals surface area contributed by atoms with Gasteiger partial charge in [-0.2, -0.15) is 0 Å². The lowest BCUT2D eigenvalue weighted by molar-refractivity contribution is -0.175. The number of rotatable bonds is 6. The Hall–Kier alpha value is -3.20. The SMILES string of the molecule is C[C@@H](O)[C@H]1C(=O)N2C(C(=O)OCOC(=O)C(C)(C)C)=C(c3ccc(C(N)=O)cc3)C[C@H]12. The van der Waals surface area contributed by atoms with E-state index in [1.807, 2.05) is 0 Å². The van der Waals surface area contributed by atoms with Crippen LogP contribution < -0.4 is 5.73 Å². The molecule has 2 amide bonds. The number of β-lactam (4-membered cyclic amide) rings is 1. The van der Waals surface area contributed by atoms with Gasteiger partial charge in [0.2, 0.25) is 18.6 Å². The van der Waals surface area contributed by atoms with Gasteiger partial charge in [0.05, 0.1) is 23.5 Å². The van der Waals surface area contributed by atoms with Crippen molar-refractivity contribution in [2.24, 2.45) is 17.1 Å². The summed E-state index contributed by atoms with van der Waals surface area (Å²) in [7, 11) is 0. The zero-order valence-corrected chi connectivity index (χ0v) is 17.9. The van der Waals surface area contributed by atoms with Crippen LogP contribution in [-0.4, -0.2) is 52.7 Å². The van der Waals surface area contributed by atoms with Crippen molar-refractivity contribution in [3.05, 3.63) is 41.1 Å². The summed E-state index contributed by atoms with van der Waals surface area (Å²) in [4.78, 5) is 50.0. The number of aliphatic hydroxyl groups excluding tert-OH is 1. The molecule has 2 aliphatic rings.